The molecule has 0 saturated carbocycles. The molecule has 0 fully saturated rings. The van der Waals surface area contributed by atoms with E-state index in [1.807, 2.05) is 7.05 Å². The zero-order valence-corrected chi connectivity index (χ0v) is 11.6. The SMILES string of the molecule is C[N+](CCCC(N)C(=O)O)(CCN=[N+]=[N-])CCN=[N+]=[N-]. The van der Waals surface area contributed by atoms with Gasteiger partial charge >= 0.3 is 5.97 Å². The molecule has 1 unspecified atom stereocenters. The van der Waals surface area contributed by atoms with Crippen molar-refractivity contribution >= 4 is 5.97 Å². The molecular weight excluding hydrogens is 264 g/mol. The maximum atomic E-state index is 10.6. The van der Waals surface area contributed by atoms with E-state index in [1.165, 1.54) is 0 Å². The molecule has 0 heterocycles. The van der Waals surface area contributed by atoms with Crippen LogP contribution in [0.5, 0.6) is 0 Å². The van der Waals surface area contributed by atoms with Gasteiger partial charge in [0.25, 0.3) is 0 Å². The monoisotopic (exact) mass is 285 g/mol. The zero-order valence-electron chi connectivity index (χ0n) is 11.6. The average molecular weight is 285 g/mol. The van der Waals surface area contributed by atoms with Crippen LogP contribution in [-0.2, 0) is 4.79 Å². The van der Waals surface area contributed by atoms with Crippen molar-refractivity contribution in [1.82, 2.24) is 0 Å². The number of quaternary nitrogens is 1. The summed E-state index contributed by atoms with van der Waals surface area (Å²) in [6.45, 7) is 2.58. The number of rotatable bonds is 11. The smallest absolute Gasteiger partial charge is 0.320 e. The molecule has 0 spiro atoms. The molecule has 0 saturated heterocycles. The van der Waals surface area contributed by atoms with Crippen LogP contribution in [0.4, 0.5) is 0 Å². The molecule has 1 atom stereocenters. The molecule has 0 aromatic heterocycles. The molecule has 0 aliphatic heterocycles. The molecule has 20 heavy (non-hydrogen) atoms. The fourth-order valence-electron chi connectivity index (χ4n) is 1.81. The van der Waals surface area contributed by atoms with E-state index >= 15 is 0 Å². The molecule has 0 rings (SSSR count). The Kier molecular flexibility index (Phi) is 8.89. The molecule has 0 aromatic carbocycles. The van der Waals surface area contributed by atoms with Crippen LogP contribution >= 0.6 is 0 Å². The summed E-state index contributed by atoms with van der Waals surface area (Å²) in [5, 5.41) is 15.7. The van der Waals surface area contributed by atoms with Crippen molar-refractivity contribution in [3.05, 3.63) is 20.9 Å². The number of carboxylic acids is 1. The standard InChI is InChI=1S/C10H20N8O2/c1-18(7-4-14-16-12,8-5-15-17-13)6-2-3-9(11)10(19)20/h9H,2-8,11H2,1H3/p+1. The number of carbonyl (C=O) groups is 1. The molecule has 10 heteroatoms. The molecule has 0 aliphatic rings. The summed E-state index contributed by atoms with van der Waals surface area (Å²) in [6.07, 6.45) is 1.02. The van der Waals surface area contributed by atoms with Gasteiger partial charge in [-0.3, -0.25) is 4.79 Å². The summed E-state index contributed by atoms with van der Waals surface area (Å²) >= 11 is 0. The maximum Gasteiger partial charge on any atom is 0.320 e. The Morgan fingerprint density at radius 3 is 2.15 bits per heavy atom. The van der Waals surface area contributed by atoms with Crippen LogP contribution in [0.1, 0.15) is 12.8 Å². The van der Waals surface area contributed by atoms with Gasteiger partial charge in [0.1, 0.15) is 6.04 Å². The van der Waals surface area contributed by atoms with Gasteiger partial charge in [0.2, 0.25) is 0 Å². The summed E-state index contributed by atoms with van der Waals surface area (Å²) in [7, 11) is 1.95. The van der Waals surface area contributed by atoms with Crippen molar-refractivity contribution in [2.24, 2.45) is 16.0 Å². The Morgan fingerprint density at radius 1 is 1.25 bits per heavy atom. The van der Waals surface area contributed by atoms with Gasteiger partial charge in [-0.05, 0) is 23.9 Å². The summed E-state index contributed by atoms with van der Waals surface area (Å²) < 4.78 is 0.546. The van der Waals surface area contributed by atoms with E-state index in [2.05, 4.69) is 20.1 Å². The summed E-state index contributed by atoms with van der Waals surface area (Å²) in [5.74, 6) is -1.01. The van der Waals surface area contributed by atoms with Crippen molar-refractivity contribution in [3.63, 3.8) is 0 Å². The Balaban J connectivity index is 4.38. The highest BCUT2D eigenvalue weighted by molar-refractivity contribution is 5.72. The van der Waals surface area contributed by atoms with E-state index < -0.39 is 12.0 Å². The fourth-order valence-corrected chi connectivity index (χ4v) is 1.81. The van der Waals surface area contributed by atoms with Crippen LogP contribution in [0.3, 0.4) is 0 Å². The first-order chi connectivity index (χ1) is 9.45. The highest BCUT2D eigenvalue weighted by Crippen LogP contribution is 2.07. The van der Waals surface area contributed by atoms with Gasteiger partial charge in [-0.1, -0.05) is 10.2 Å². The quantitative estimate of drug-likeness (QED) is 0.253. The van der Waals surface area contributed by atoms with E-state index in [9.17, 15) is 4.79 Å². The average Bonchev–Trinajstić information content (AvgIpc) is 2.39. The summed E-state index contributed by atoms with van der Waals surface area (Å²) in [4.78, 5) is 16.0. The summed E-state index contributed by atoms with van der Waals surface area (Å²) in [6, 6.07) is -0.863. The molecule has 0 radical (unpaired) electrons. The van der Waals surface area contributed by atoms with Gasteiger partial charge in [-0.25, -0.2) is 0 Å². The van der Waals surface area contributed by atoms with Crippen molar-refractivity contribution in [2.75, 3.05) is 39.8 Å². The van der Waals surface area contributed by atoms with Crippen LogP contribution in [0.2, 0.25) is 0 Å². The number of carboxylic acid groups (broad SMARTS) is 1. The van der Waals surface area contributed by atoms with Gasteiger partial charge in [0.05, 0.1) is 39.8 Å². The minimum absolute atomic E-state index is 0.342. The number of nitrogens with two attached hydrogens (primary N) is 1. The number of hydrogen-bond acceptors (Lipinski definition) is 4. The van der Waals surface area contributed by atoms with Crippen LogP contribution in [0, 0.1) is 0 Å². The third-order valence-electron chi connectivity index (χ3n) is 3.14. The first-order valence-corrected chi connectivity index (χ1v) is 6.29. The maximum absolute atomic E-state index is 10.6. The lowest BCUT2D eigenvalue weighted by atomic mass is 10.1. The highest BCUT2D eigenvalue weighted by atomic mass is 16.4. The summed E-state index contributed by atoms with van der Waals surface area (Å²) in [5.41, 5.74) is 22.0. The lowest BCUT2D eigenvalue weighted by Gasteiger charge is -2.34. The van der Waals surface area contributed by atoms with Crippen molar-refractivity contribution in [2.45, 2.75) is 18.9 Å². The van der Waals surface area contributed by atoms with Crippen LogP contribution < -0.4 is 5.73 Å². The lowest BCUT2D eigenvalue weighted by molar-refractivity contribution is -0.907. The third kappa shape index (κ3) is 8.17. The molecule has 0 aliphatic carbocycles. The first kappa shape index (κ1) is 18.0. The Bertz CT molecular complexity index is 378. The fraction of sp³-hybridized carbons (Fsp3) is 0.900. The van der Waals surface area contributed by atoms with Gasteiger partial charge < -0.3 is 15.3 Å². The lowest BCUT2D eigenvalue weighted by Crippen LogP contribution is -2.48. The second-order valence-electron chi connectivity index (χ2n) is 4.79. The second-order valence-corrected chi connectivity index (χ2v) is 4.79. The zero-order chi connectivity index (χ0) is 15.4. The Hall–Kier alpha value is -1.99. The largest absolute Gasteiger partial charge is 0.480 e. The predicted molar refractivity (Wildman–Crippen MR) is 73.7 cm³/mol. The number of likely N-dealkylation sites (N-methyl/N-ethyl adjacent to an activating group) is 1. The molecular formula is C10H21N8O2+. The second kappa shape index (κ2) is 9.88. The van der Waals surface area contributed by atoms with Crippen molar-refractivity contribution < 1.29 is 14.4 Å². The van der Waals surface area contributed by atoms with E-state index in [-0.39, 0.29) is 0 Å². The van der Waals surface area contributed by atoms with Crippen LogP contribution in [-0.4, -0.2) is 61.4 Å². The Labute approximate surface area is 117 Å². The van der Waals surface area contributed by atoms with Gasteiger partial charge in [-0.15, -0.1) is 0 Å². The van der Waals surface area contributed by atoms with E-state index in [0.717, 1.165) is 0 Å². The molecule has 112 valence electrons. The van der Waals surface area contributed by atoms with Crippen LogP contribution in [0.25, 0.3) is 20.9 Å². The van der Waals surface area contributed by atoms with E-state index in [1.54, 1.807) is 0 Å². The van der Waals surface area contributed by atoms with Gasteiger partial charge in [0, 0.05) is 9.82 Å². The third-order valence-corrected chi connectivity index (χ3v) is 3.14. The molecule has 3 N–H and O–H groups in total. The predicted octanol–water partition coefficient (Wildman–Crippen LogP) is 1.25. The molecule has 10 nitrogen and oxygen atoms in total. The normalized spacial score (nSPS) is 14.5. The topological polar surface area (TPSA) is 161 Å². The van der Waals surface area contributed by atoms with Gasteiger partial charge in [0.15, 0.2) is 0 Å². The highest BCUT2D eigenvalue weighted by Gasteiger charge is 2.21. The van der Waals surface area contributed by atoms with E-state index in [4.69, 9.17) is 21.9 Å². The first-order valence-electron chi connectivity index (χ1n) is 6.29. The minimum Gasteiger partial charge on any atom is -0.480 e. The minimum atomic E-state index is -1.01. The number of hydrogen-bond donors (Lipinski definition) is 2. The molecule has 0 aromatic rings. The van der Waals surface area contributed by atoms with Crippen molar-refractivity contribution in [3.8, 4) is 0 Å². The number of azide groups is 2. The van der Waals surface area contributed by atoms with Crippen molar-refractivity contribution in [1.29, 1.82) is 0 Å². The van der Waals surface area contributed by atoms with E-state index in [0.29, 0.717) is 50.0 Å². The van der Waals surface area contributed by atoms with Crippen LogP contribution in [0.15, 0.2) is 10.2 Å². The van der Waals surface area contributed by atoms with Gasteiger partial charge in [-0.2, -0.15) is 0 Å². The Morgan fingerprint density at radius 2 is 1.75 bits per heavy atom. The number of aliphatic carboxylic acids is 1. The molecule has 0 amide bonds. The molecule has 0 bridgehead atoms. The number of nitrogens with zero attached hydrogens (tertiary/aromatic N) is 7.